The highest BCUT2D eigenvalue weighted by molar-refractivity contribution is 6.03. The van der Waals surface area contributed by atoms with E-state index in [-0.39, 0.29) is 18.4 Å². The molecule has 126 valence electrons. The van der Waals surface area contributed by atoms with E-state index >= 15 is 0 Å². The van der Waals surface area contributed by atoms with Crippen LogP contribution in [-0.2, 0) is 4.79 Å². The normalized spacial score (nSPS) is 10.2. The summed E-state index contributed by atoms with van der Waals surface area (Å²) in [5.74, 6) is 0.207. The second kappa shape index (κ2) is 7.64. The van der Waals surface area contributed by atoms with Gasteiger partial charge in [-0.2, -0.15) is 0 Å². The number of ether oxygens (including phenoxy) is 1. The van der Waals surface area contributed by atoms with Crippen LogP contribution in [0.4, 0.5) is 5.69 Å². The summed E-state index contributed by atoms with van der Waals surface area (Å²) in [6.07, 6.45) is 0. The summed E-state index contributed by atoms with van der Waals surface area (Å²) >= 11 is 0. The Morgan fingerprint density at radius 1 is 1.08 bits per heavy atom. The first kappa shape index (κ1) is 17.5. The fraction of sp³-hybridized carbons (Fsp3) is 0.263. The average molecular weight is 326 g/mol. The molecule has 0 bridgehead atoms. The van der Waals surface area contributed by atoms with Crippen molar-refractivity contribution in [3.63, 3.8) is 0 Å². The van der Waals surface area contributed by atoms with Crippen LogP contribution in [0.1, 0.15) is 21.5 Å². The van der Waals surface area contributed by atoms with E-state index in [0.717, 1.165) is 11.1 Å². The zero-order chi connectivity index (χ0) is 17.7. The van der Waals surface area contributed by atoms with Crippen LogP contribution in [0.2, 0.25) is 0 Å². The Bertz CT molecular complexity index is 754. The number of nitrogens with zero attached hydrogens (tertiary/aromatic N) is 1. The van der Waals surface area contributed by atoms with Crippen molar-refractivity contribution in [1.82, 2.24) is 4.90 Å². The SMILES string of the molecule is Cc1ccc(C)c(OCC(=O)Nc2ccccc2C(=O)N(C)C)c1. The second-order valence-corrected chi connectivity index (χ2v) is 5.85. The molecule has 0 aliphatic carbocycles. The molecule has 24 heavy (non-hydrogen) atoms. The molecule has 2 amide bonds. The van der Waals surface area contributed by atoms with E-state index in [1.165, 1.54) is 4.90 Å². The number of para-hydroxylation sites is 1. The van der Waals surface area contributed by atoms with Gasteiger partial charge in [-0.05, 0) is 43.2 Å². The van der Waals surface area contributed by atoms with Crippen LogP contribution in [0.3, 0.4) is 0 Å². The van der Waals surface area contributed by atoms with Gasteiger partial charge in [0.25, 0.3) is 11.8 Å². The number of rotatable bonds is 5. The Labute approximate surface area is 142 Å². The maximum absolute atomic E-state index is 12.2. The quantitative estimate of drug-likeness (QED) is 0.919. The molecule has 0 radical (unpaired) electrons. The highest BCUT2D eigenvalue weighted by atomic mass is 16.5. The molecule has 2 aromatic carbocycles. The lowest BCUT2D eigenvalue weighted by Gasteiger charge is -2.15. The third-order valence-electron chi connectivity index (χ3n) is 3.54. The topological polar surface area (TPSA) is 58.6 Å². The van der Waals surface area contributed by atoms with Crippen molar-refractivity contribution in [2.45, 2.75) is 13.8 Å². The number of carbonyl (C=O) groups is 2. The molecule has 0 aliphatic rings. The highest BCUT2D eigenvalue weighted by Gasteiger charge is 2.15. The van der Waals surface area contributed by atoms with Gasteiger partial charge in [0.05, 0.1) is 11.3 Å². The Balaban J connectivity index is 2.05. The minimum Gasteiger partial charge on any atom is -0.483 e. The van der Waals surface area contributed by atoms with Crippen LogP contribution < -0.4 is 10.1 Å². The summed E-state index contributed by atoms with van der Waals surface area (Å²) in [7, 11) is 3.34. The van der Waals surface area contributed by atoms with Crippen molar-refractivity contribution in [2.75, 3.05) is 26.0 Å². The van der Waals surface area contributed by atoms with Gasteiger partial charge in [-0.3, -0.25) is 9.59 Å². The van der Waals surface area contributed by atoms with E-state index in [1.54, 1.807) is 38.4 Å². The van der Waals surface area contributed by atoms with Crippen LogP contribution in [-0.4, -0.2) is 37.4 Å². The van der Waals surface area contributed by atoms with Crippen molar-refractivity contribution in [3.05, 3.63) is 59.2 Å². The molecule has 5 heteroatoms. The third-order valence-corrected chi connectivity index (χ3v) is 3.54. The minimum atomic E-state index is -0.310. The Morgan fingerprint density at radius 2 is 1.79 bits per heavy atom. The van der Waals surface area contributed by atoms with E-state index in [4.69, 9.17) is 4.74 Å². The van der Waals surface area contributed by atoms with Gasteiger partial charge in [-0.1, -0.05) is 24.3 Å². The first-order valence-electron chi connectivity index (χ1n) is 7.69. The van der Waals surface area contributed by atoms with Crippen molar-refractivity contribution < 1.29 is 14.3 Å². The number of hydrogen-bond acceptors (Lipinski definition) is 3. The van der Waals surface area contributed by atoms with Gasteiger partial charge in [-0.25, -0.2) is 0 Å². The minimum absolute atomic E-state index is 0.116. The van der Waals surface area contributed by atoms with Crippen LogP contribution in [0.25, 0.3) is 0 Å². The Hall–Kier alpha value is -2.82. The molecule has 0 atom stereocenters. The van der Waals surface area contributed by atoms with E-state index in [2.05, 4.69) is 5.32 Å². The largest absolute Gasteiger partial charge is 0.483 e. The first-order chi connectivity index (χ1) is 11.4. The van der Waals surface area contributed by atoms with Crippen LogP contribution in [0.15, 0.2) is 42.5 Å². The number of benzene rings is 2. The molecule has 0 saturated carbocycles. The van der Waals surface area contributed by atoms with Crippen molar-refractivity contribution in [2.24, 2.45) is 0 Å². The first-order valence-corrected chi connectivity index (χ1v) is 7.69. The second-order valence-electron chi connectivity index (χ2n) is 5.85. The predicted octanol–water partition coefficient (Wildman–Crippen LogP) is 3.02. The zero-order valence-electron chi connectivity index (χ0n) is 14.4. The molecule has 0 heterocycles. The molecular weight excluding hydrogens is 304 g/mol. The average Bonchev–Trinajstić information content (AvgIpc) is 2.55. The highest BCUT2D eigenvalue weighted by Crippen LogP contribution is 2.20. The van der Waals surface area contributed by atoms with Gasteiger partial charge in [0.1, 0.15) is 5.75 Å². The molecule has 5 nitrogen and oxygen atoms in total. The zero-order valence-corrected chi connectivity index (χ0v) is 14.4. The lowest BCUT2D eigenvalue weighted by atomic mass is 10.1. The Kier molecular flexibility index (Phi) is 5.58. The standard InChI is InChI=1S/C19H22N2O3/c1-13-9-10-14(2)17(11-13)24-12-18(22)20-16-8-6-5-7-15(16)19(23)21(3)4/h5-11H,12H2,1-4H3,(H,20,22). The van der Waals surface area contributed by atoms with Gasteiger partial charge in [0, 0.05) is 14.1 Å². The predicted molar refractivity (Wildman–Crippen MR) is 94.5 cm³/mol. The van der Waals surface area contributed by atoms with Gasteiger partial charge in [0.15, 0.2) is 6.61 Å². The number of hydrogen-bond donors (Lipinski definition) is 1. The maximum Gasteiger partial charge on any atom is 0.262 e. The number of anilines is 1. The molecule has 0 unspecified atom stereocenters. The summed E-state index contributed by atoms with van der Waals surface area (Å²) in [6, 6.07) is 12.8. The van der Waals surface area contributed by atoms with Crippen molar-refractivity contribution in [3.8, 4) is 5.75 Å². The molecular formula is C19H22N2O3. The van der Waals surface area contributed by atoms with E-state index < -0.39 is 0 Å². The van der Waals surface area contributed by atoms with Crippen LogP contribution in [0, 0.1) is 13.8 Å². The molecule has 1 N–H and O–H groups in total. The molecule has 0 spiro atoms. The van der Waals surface area contributed by atoms with Gasteiger partial charge in [0.2, 0.25) is 0 Å². The molecule has 2 aromatic rings. The van der Waals surface area contributed by atoms with Crippen molar-refractivity contribution >= 4 is 17.5 Å². The van der Waals surface area contributed by atoms with Gasteiger partial charge < -0.3 is 15.0 Å². The van der Waals surface area contributed by atoms with Crippen LogP contribution >= 0.6 is 0 Å². The van der Waals surface area contributed by atoms with E-state index in [0.29, 0.717) is 17.0 Å². The number of carbonyl (C=O) groups excluding carboxylic acids is 2. The van der Waals surface area contributed by atoms with Gasteiger partial charge in [-0.15, -0.1) is 0 Å². The fourth-order valence-electron chi connectivity index (χ4n) is 2.21. The van der Waals surface area contributed by atoms with E-state index in [9.17, 15) is 9.59 Å². The molecule has 2 rings (SSSR count). The summed E-state index contributed by atoms with van der Waals surface area (Å²) in [5.41, 5.74) is 2.96. The molecule has 0 saturated heterocycles. The fourth-order valence-corrected chi connectivity index (χ4v) is 2.21. The lowest BCUT2D eigenvalue weighted by molar-refractivity contribution is -0.118. The van der Waals surface area contributed by atoms with E-state index in [1.807, 2.05) is 32.0 Å². The van der Waals surface area contributed by atoms with Gasteiger partial charge >= 0.3 is 0 Å². The number of aryl methyl sites for hydroxylation is 2. The Morgan fingerprint density at radius 3 is 2.50 bits per heavy atom. The summed E-state index contributed by atoms with van der Waals surface area (Å²) in [6.45, 7) is 3.78. The number of nitrogens with one attached hydrogen (secondary N) is 1. The summed E-state index contributed by atoms with van der Waals surface area (Å²) in [4.78, 5) is 25.8. The molecule has 0 aliphatic heterocycles. The monoisotopic (exact) mass is 326 g/mol. The molecule has 0 aromatic heterocycles. The summed E-state index contributed by atoms with van der Waals surface area (Å²) in [5, 5.41) is 2.74. The number of amides is 2. The van der Waals surface area contributed by atoms with Crippen LogP contribution in [0.5, 0.6) is 5.75 Å². The molecule has 0 fully saturated rings. The smallest absolute Gasteiger partial charge is 0.262 e. The van der Waals surface area contributed by atoms with Crippen molar-refractivity contribution in [1.29, 1.82) is 0 Å². The maximum atomic E-state index is 12.2. The lowest BCUT2D eigenvalue weighted by Crippen LogP contribution is -2.25. The third kappa shape index (κ3) is 4.35. The summed E-state index contributed by atoms with van der Waals surface area (Å²) < 4.78 is 5.59.